The number of aliphatic hydroxyl groups excluding tert-OH is 1. The van der Waals surface area contributed by atoms with Gasteiger partial charge in [0, 0.05) is 31.6 Å². The number of nitrogens with one attached hydrogen (secondary N) is 1. The van der Waals surface area contributed by atoms with Gasteiger partial charge in [-0.3, -0.25) is 5.32 Å². The lowest BCUT2D eigenvalue weighted by atomic mass is 10.1. The zero-order valence-corrected chi connectivity index (χ0v) is 18.4. The molecule has 2 N–H and O–H groups in total. The van der Waals surface area contributed by atoms with Gasteiger partial charge in [0.05, 0.1) is 0 Å². The molecule has 11 heteroatoms. The molecule has 2 aromatic carbocycles. The smallest absolute Gasteiger partial charge is 0.490 e. The number of halogens is 3. The Bertz CT molecular complexity index is 978. The second-order valence-corrected chi connectivity index (χ2v) is 8.36. The van der Waals surface area contributed by atoms with Crippen molar-refractivity contribution in [3.05, 3.63) is 48.5 Å². The van der Waals surface area contributed by atoms with E-state index in [4.69, 9.17) is 14.2 Å². The van der Waals surface area contributed by atoms with Crippen molar-refractivity contribution in [1.29, 1.82) is 0 Å². The predicted molar refractivity (Wildman–Crippen MR) is 115 cm³/mol. The topological polar surface area (TPSA) is 89.5 Å². The van der Waals surface area contributed by atoms with E-state index in [-0.39, 0.29) is 18.5 Å². The number of ether oxygens (including phenoxy) is 4. The fourth-order valence-corrected chi connectivity index (χ4v) is 3.79. The largest absolute Gasteiger partial charge is 0.573 e. The van der Waals surface area contributed by atoms with E-state index in [1.807, 2.05) is 24.3 Å². The van der Waals surface area contributed by atoms with Gasteiger partial charge in [-0.25, -0.2) is 4.79 Å². The Morgan fingerprint density at radius 1 is 1.06 bits per heavy atom. The summed E-state index contributed by atoms with van der Waals surface area (Å²) in [5, 5.41) is 12.2. The normalized spacial score (nSPS) is 23.3. The highest BCUT2D eigenvalue weighted by molar-refractivity contribution is 5.70. The number of alkyl halides is 3. The number of rotatable bonds is 7. The molecule has 2 heterocycles. The zero-order valence-electron chi connectivity index (χ0n) is 18.4. The molecule has 34 heavy (non-hydrogen) atoms. The number of alkyl carbamates (subject to hydrolysis) is 1. The molecular weight excluding hydrogens is 457 g/mol. The molecule has 4 rings (SSSR count). The van der Waals surface area contributed by atoms with Gasteiger partial charge >= 0.3 is 12.5 Å². The molecule has 0 radical (unpaired) electrons. The van der Waals surface area contributed by atoms with Crippen LogP contribution in [0.2, 0.25) is 0 Å². The van der Waals surface area contributed by atoms with E-state index in [9.17, 15) is 23.1 Å². The maximum Gasteiger partial charge on any atom is 0.573 e. The van der Waals surface area contributed by atoms with Crippen molar-refractivity contribution in [3.8, 4) is 17.2 Å². The lowest BCUT2D eigenvalue weighted by Gasteiger charge is -2.34. The first kappa shape index (κ1) is 23.8. The van der Waals surface area contributed by atoms with Crippen LogP contribution in [-0.4, -0.2) is 55.2 Å². The summed E-state index contributed by atoms with van der Waals surface area (Å²) in [6.07, 6.45) is -5.07. The lowest BCUT2D eigenvalue weighted by molar-refractivity contribution is -0.274. The van der Waals surface area contributed by atoms with Crippen LogP contribution in [0, 0.1) is 0 Å². The third kappa shape index (κ3) is 5.96. The van der Waals surface area contributed by atoms with Gasteiger partial charge in [-0.1, -0.05) is 0 Å². The minimum atomic E-state index is -4.72. The Hall–Kier alpha value is -3.34. The minimum absolute atomic E-state index is 0.00169. The third-order valence-corrected chi connectivity index (χ3v) is 5.69. The number of piperidine rings is 1. The van der Waals surface area contributed by atoms with Crippen molar-refractivity contribution in [3.63, 3.8) is 0 Å². The van der Waals surface area contributed by atoms with Crippen molar-refractivity contribution in [2.45, 2.75) is 44.1 Å². The maximum absolute atomic E-state index is 12.3. The molecule has 0 saturated carbocycles. The Balaban J connectivity index is 1.24. The zero-order chi connectivity index (χ0) is 24.3. The van der Waals surface area contributed by atoms with Crippen LogP contribution in [0.25, 0.3) is 0 Å². The lowest BCUT2D eigenvalue weighted by Crippen LogP contribution is -2.45. The summed E-state index contributed by atoms with van der Waals surface area (Å²) in [4.78, 5) is 13.5. The summed E-state index contributed by atoms with van der Waals surface area (Å²) < 4.78 is 57.3. The number of carbonyl (C=O) groups excluding carboxylic acids is 1. The molecule has 8 nitrogen and oxygen atoms in total. The van der Waals surface area contributed by atoms with Crippen LogP contribution in [0.5, 0.6) is 17.2 Å². The van der Waals surface area contributed by atoms with Crippen molar-refractivity contribution >= 4 is 11.8 Å². The number of aliphatic hydroxyl groups is 1. The molecule has 2 aromatic rings. The standard InChI is InChI=1S/C23H25F3N2O6/c1-22(20(29)27-21(30)34-22)14-31-16-4-2-15(3-5-16)28-12-10-18(11-13-28)32-17-6-8-19(9-7-17)33-23(24,25)26/h2-9,18,20,29H,10-14H2,1H3,(H,27,30)/t20-,22-/m0/s1. The van der Waals surface area contributed by atoms with Gasteiger partial charge in [-0.15, -0.1) is 13.2 Å². The van der Waals surface area contributed by atoms with E-state index in [0.29, 0.717) is 11.5 Å². The number of benzene rings is 2. The number of anilines is 1. The van der Waals surface area contributed by atoms with E-state index in [0.717, 1.165) is 31.6 Å². The number of amides is 1. The van der Waals surface area contributed by atoms with Crippen LogP contribution in [0.15, 0.2) is 48.5 Å². The maximum atomic E-state index is 12.3. The van der Waals surface area contributed by atoms with Gasteiger partial charge in [0.25, 0.3) is 0 Å². The highest BCUT2D eigenvalue weighted by atomic mass is 19.4. The van der Waals surface area contributed by atoms with E-state index >= 15 is 0 Å². The van der Waals surface area contributed by atoms with E-state index in [1.54, 1.807) is 6.92 Å². The second-order valence-electron chi connectivity index (χ2n) is 8.36. The SMILES string of the molecule is C[C@@]1(COc2ccc(N3CCC(Oc4ccc(OC(F)(F)F)cc4)CC3)cc2)OC(=O)N[C@H]1O. The van der Waals surface area contributed by atoms with Crippen molar-refractivity contribution in [2.24, 2.45) is 0 Å². The molecule has 0 bridgehead atoms. The molecule has 0 aromatic heterocycles. The molecule has 2 aliphatic rings. The number of cyclic esters (lactones) is 1. The Morgan fingerprint density at radius 2 is 1.65 bits per heavy atom. The summed E-state index contributed by atoms with van der Waals surface area (Å²) in [6, 6.07) is 12.9. The molecule has 2 saturated heterocycles. The van der Waals surface area contributed by atoms with E-state index < -0.39 is 24.3 Å². The molecule has 2 aliphatic heterocycles. The van der Waals surface area contributed by atoms with Crippen LogP contribution < -0.4 is 24.4 Å². The third-order valence-electron chi connectivity index (χ3n) is 5.69. The summed E-state index contributed by atoms with van der Waals surface area (Å²) >= 11 is 0. The molecular formula is C23H25F3N2O6. The predicted octanol–water partition coefficient (Wildman–Crippen LogP) is 3.83. The number of nitrogens with zero attached hydrogens (tertiary/aromatic N) is 1. The molecule has 2 atom stereocenters. The van der Waals surface area contributed by atoms with Crippen molar-refractivity contribution < 1.29 is 42.0 Å². The van der Waals surface area contributed by atoms with Gasteiger partial charge in [0.15, 0.2) is 11.8 Å². The summed E-state index contributed by atoms with van der Waals surface area (Å²) in [5.74, 6) is 0.793. The molecule has 0 spiro atoms. The minimum Gasteiger partial charge on any atom is -0.490 e. The summed E-state index contributed by atoms with van der Waals surface area (Å²) in [6.45, 7) is 3.09. The first-order valence-corrected chi connectivity index (χ1v) is 10.8. The van der Waals surface area contributed by atoms with Crippen LogP contribution in [0.1, 0.15) is 19.8 Å². The van der Waals surface area contributed by atoms with Crippen molar-refractivity contribution in [1.82, 2.24) is 5.32 Å². The van der Waals surface area contributed by atoms with Crippen molar-refractivity contribution in [2.75, 3.05) is 24.6 Å². The van der Waals surface area contributed by atoms with E-state index in [1.165, 1.54) is 24.3 Å². The van der Waals surface area contributed by atoms with Gasteiger partial charge in [0.2, 0.25) is 0 Å². The van der Waals surface area contributed by atoms with Crippen LogP contribution in [0.4, 0.5) is 23.7 Å². The first-order valence-electron chi connectivity index (χ1n) is 10.8. The monoisotopic (exact) mass is 482 g/mol. The second kappa shape index (κ2) is 9.49. The average molecular weight is 482 g/mol. The first-order chi connectivity index (χ1) is 16.1. The highest BCUT2D eigenvalue weighted by Gasteiger charge is 2.45. The van der Waals surface area contributed by atoms with Gasteiger partial charge in [-0.05, 0) is 55.5 Å². The fourth-order valence-electron chi connectivity index (χ4n) is 3.79. The van der Waals surface area contributed by atoms with Crippen LogP contribution in [-0.2, 0) is 4.74 Å². The van der Waals surface area contributed by atoms with Crippen LogP contribution in [0.3, 0.4) is 0 Å². The summed E-state index contributed by atoms with van der Waals surface area (Å²) in [7, 11) is 0. The van der Waals surface area contributed by atoms with Gasteiger partial charge < -0.3 is 29.0 Å². The molecule has 2 fully saturated rings. The average Bonchev–Trinajstić information content (AvgIpc) is 3.05. The Labute approximate surface area is 194 Å². The Kier molecular flexibility index (Phi) is 6.65. The Morgan fingerprint density at radius 3 is 2.21 bits per heavy atom. The highest BCUT2D eigenvalue weighted by Crippen LogP contribution is 2.29. The number of carbonyl (C=O) groups is 1. The molecule has 1 amide bonds. The number of hydrogen-bond acceptors (Lipinski definition) is 7. The molecule has 184 valence electrons. The van der Waals surface area contributed by atoms with Gasteiger partial charge in [-0.2, -0.15) is 0 Å². The van der Waals surface area contributed by atoms with Gasteiger partial charge in [0.1, 0.15) is 30.0 Å². The van der Waals surface area contributed by atoms with E-state index in [2.05, 4.69) is 15.0 Å². The van der Waals surface area contributed by atoms with Crippen LogP contribution >= 0.6 is 0 Å². The molecule has 0 unspecified atom stereocenters. The summed E-state index contributed by atoms with van der Waals surface area (Å²) in [5.41, 5.74) is -0.150. The quantitative estimate of drug-likeness (QED) is 0.620. The fraction of sp³-hybridized carbons (Fsp3) is 0.435. The number of hydrogen-bond donors (Lipinski definition) is 2. The molecule has 0 aliphatic carbocycles.